The van der Waals surface area contributed by atoms with Crippen molar-refractivity contribution in [3.63, 3.8) is 0 Å². The van der Waals surface area contributed by atoms with E-state index in [4.69, 9.17) is 4.74 Å². The minimum absolute atomic E-state index is 0.214. The molecule has 6 heteroatoms. The molecular weight excluding hydrogens is 408 g/mol. The summed E-state index contributed by atoms with van der Waals surface area (Å²) in [7, 11) is 0. The Morgan fingerprint density at radius 3 is 2.81 bits per heavy atom. The van der Waals surface area contributed by atoms with Crippen molar-refractivity contribution in [2.75, 3.05) is 5.32 Å². The number of aromatic nitrogens is 1. The van der Waals surface area contributed by atoms with Crippen molar-refractivity contribution in [3.05, 3.63) is 47.0 Å². The van der Waals surface area contributed by atoms with E-state index in [1.165, 1.54) is 11.1 Å². The van der Waals surface area contributed by atoms with Crippen LogP contribution in [-0.4, -0.2) is 21.8 Å². The van der Waals surface area contributed by atoms with Crippen LogP contribution >= 0.6 is 15.9 Å². The van der Waals surface area contributed by atoms with Crippen LogP contribution in [0.2, 0.25) is 0 Å². The van der Waals surface area contributed by atoms with Gasteiger partial charge in [0.25, 0.3) is 0 Å². The highest BCUT2D eigenvalue weighted by Crippen LogP contribution is 2.37. The molecule has 1 aliphatic carbocycles. The van der Waals surface area contributed by atoms with Crippen LogP contribution in [0, 0.1) is 0 Å². The van der Waals surface area contributed by atoms with Gasteiger partial charge in [-0.1, -0.05) is 34.1 Å². The summed E-state index contributed by atoms with van der Waals surface area (Å²) in [6, 6.07) is 10.0. The first kappa shape index (κ1) is 19.8. The Bertz CT molecular complexity index is 846. The number of benzene rings is 1. The molecule has 0 saturated carbocycles. The number of ether oxygens (including phenoxy) is 1. The fourth-order valence-electron chi connectivity index (χ4n) is 3.20. The zero-order valence-electron chi connectivity index (χ0n) is 15.9. The van der Waals surface area contributed by atoms with E-state index in [-0.39, 0.29) is 6.61 Å². The maximum Gasteiger partial charge on any atom is 0.413 e. The topological polar surface area (TPSA) is 71.5 Å². The molecule has 0 spiro atoms. The van der Waals surface area contributed by atoms with Gasteiger partial charge in [0, 0.05) is 16.0 Å². The van der Waals surface area contributed by atoms with Crippen LogP contribution < -0.4 is 5.32 Å². The van der Waals surface area contributed by atoms with Crippen LogP contribution in [0.3, 0.4) is 0 Å². The molecule has 3 rings (SSSR count). The Labute approximate surface area is 168 Å². The predicted molar refractivity (Wildman–Crippen MR) is 110 cm³/mol. The van der Waals surface area contributed by atoms with Crippen molar-refractivity contribution in [2.24, 2.45) is 0 Å². The van der Waals surface area contributed by atoms with Gasteiger partial charge in [0.05, 0.1) is 12.3 Å². The number of rotatable bonds is 3. The number of carbonyl (C=O) groups excluding carboxylic acids is 1. The van der Waals surface area contributed by atoms with E-state index < -0.39 is 11.7 Å². The third-order valence-electron chi connectivity index (χ3n) is 4.45. The number of carbonyl (C=O) groups is 1. The maximum absolute atomic E-state index is 12.1. The van der Waals surface area contributed by atoms with Crippen LogP contribution in [0.25, 0.3) is 11.3 Å². The van der Waals surface area contributed by atoms with Gasteiger partial charge in [-0.3, -0.25) is 5.32 Å². The average Bonchev–Trinajstić information content (AvgIpc) is 2.60. The highest BCUT2D eigenvalue weighted by molar-refractivity contribution is 9.09. The van der Waals surface area contributed by atoms with Gasteiger partial charge in [0.1, 0.15) is 11.4 Å². The Hall–Kier alpha value is -1.92. The molecule has 0 bridgehead atoms. The van der Waals surface area contributed by atoms with Crippen molar-refractivity contribution in [2.45, 2.75) is 57.1 Å². The molecule has 0 aliphatic heterocycles. The Kier molecular flexibility index (Phi) is 5.86. The molecule has 5 nitrogen and oxygen atoms in total. The van der Waals surface area contributed by atoms with E-state index in [2.05, 4.69) is 44.4 Å². The molecule has 2 N–H and O–H groups in total. The molecule has 1 amide bonds. The van der Waals surface area contributed by atoms with E-state index in [9.17, 15) is 9.90 Å². The van der Waals surface area contributed by atoms with Crippen LogP contribution in [-0.2, 0) is 17.8 Å². The summed E-state index contributed by atoms with van der Waals surface area (Å²) in [5, 5.41) is 12.2. The van der Waals surface area contributed by atoms with Crippen LogP contribution in [0.4, 0.5) is 10.6 Å². The largest absolute Gasteiger partial charge is 0.444 e. The smallest absolute Gasteiger partial charge is 0.413 e. The number of aliphatic hydroxyl groups excluding tert-OH is 1. The first-order valence-electron chi connectivity index (χ1n) is 9.15. The highest BCUT2D eigenvalue weighted by Gasteiger charge is 2.20. The summed E-state index contributed by atoms with van der Waals surface area (Å²) in [6.45, 7) is 5.18. The monoisotopic (exact) mass is 432 g/mol. The first-order valence-corrected chi connectivity index (χ1v) is 10.1. The van der Waals surface area contributed by atoms with Gasteiger partial charge in [0.15, 0.2) is 0 Å². The van der Waals surface area contributed by atoms with Crippen molar-refractivity contribution < 1.29 is 14.6 Å². The number of alkyl halides is 1. The molecular formula is C21H25BrN2O3. The van der Waals surface area contributed by atoms with E-state index in [0.717, 1.165) is 30.5 Å². The van der Waals surface area contributed by atoms with E-state index in [1.807, 2.05) is 6.07 Å². The number of pyridine rings is 1. The summed E-state index contributed by atoms with van der Waals surface area (Å²) < 4.78 is 5.30. The number of fused-ring (bicyclic) bond motifs is 1. The summed E-state index contributed by atoms with van der Waals surface area (Å²) in [6.07, 6.45) is 2.78. The lowest BCUT2D eigenvalue weighted by Gasteiger charge is -2.22. The zero-order chi connectivity index (χ0) is 19.6. The van der Waals surface area contributed by atoms with Gasteiger partial charge < -0.3 is 9.84 Å². The molecule has 0 radical (unpaired) electrons. The molecule has 1 heterocycles. The lowest BCUT2D eigenvalue weighted by molar-refractivity contribution is 0.0635. The number of nitrogens with zero attached hydrogens (tertiary/aromatic N) is 1. The number of anilines is 1. The predicted octanol–water partition coefficient (Wildman–Crippen LogP) is 5.36. The van der Waals surface area contributed by atoms with Gasteiger partial charge >= 0.3 is 6.09 Å². The van der Waals surface area contributed by atoms with Crippen molar-refractivity contribution >= 4 is 27.8 Å². The van der Waals surface area contributed by atoms with Crippen LogP contribution in [0.5, 0.6) is 0 Å². The minimum atomic E-state index is -0.605. The molecule has 0 saturated heterocycles. The fraction of sp³-hybridized carbons (Fsp3) is 0.429. The third-order valence-corrected chi connectivity index (χ3v) is 5.40. The molecule has 1 aliphatic rings. The van der Waals surface area contributed by atoms with Gasteiger partial charge in [-0.15, -0.1) is 0 Å². The highest BCUT2D eigenvalue weighted by atomic mass is 79.9. The number of halogens is 1. The average molecular weight is 433 g/mol. The molecule has 2 aromatic rings. The van der Waals surface area contributed by atoms with E-state index in [0.29, 0.717) is 16.2 Å². The Morgan fingerprint density at radius 2 is 2.11 bits per heavy atom. The summed E-state index contributed by atoms with van der Waals surface area (Å²) in [5.74, 6) is 0.320. The van der Waals surface area contributed by atoms with Gasteiger partial charge in [-0.2, -0.15) is 0 Å². The lowest BCUT2D eigenvalue weighted by atomic mass is 9.89. The number of hydrogen-bond donors (Lipinski definition) is 2. The second-order valence-corrected chi connectivity index (χ2v) is 8.87. The molecule has 1 aromatic carbocycles. The second-order valence-electron chi connectivity index (χ2n) is 7.76. The molecule has 0 fully saturated rings. The number of amides is 1. The van der Waals surface area contributed by atoms with Crippen molar-refractivity contribution in [1.29, 1.82) is 0 Å². The SMILES string of the molecule is CC(C)(C)OC(=O)Nc1nc(-c2ccc3c(c2)CCCC3Br)ccc1CO. The molecule has 1 unspecified atom stereocenters. The van der Waals surface area contributed by atoms with Crippen molar-refractivity contribution in [3.8, 4) is 11.3 Å². The van der Waals surface area contributed by atoms with Crippen molar-refractivity contribution in [1.82, 2.24) is 4.98 Å². The third kappa shape index (κ3) is 4.87. The van der Waals surface area contributed by atoms with E-state index >= 15 is 0 Å². The van der Waals surface area contributed by atoms with Gasteiger partial charge in [-0.25, -0.2) is 9.78 Å². The quantitative estimate of drug-likeness (QED) is 0.640. The number of nitrogens with one attached hydrogen (secondary N) is 1. The number of aliphatic hydroxyl groups is 1. The van der Waals surface area contributed by atoms with Crippen LogP contribution in [0.1, 0.15) is 55.1 Å². The fourth-order valence-corrected chi connectivity index (χ4v) is 3.97. The number of aryl methyl sites for hydroxylation is 1. The first-order chi connectivity index (χ1) is 12.8. The van der Waals surface area contributed by atoms with Gasteiger partial charge in [-0.05, 0) is 63.3 Å². The summed E-state index contributed by atoms with van der Waals surface area (Å²) in [5.41, 5.74) is 4.35. The zero-order valence-corrected chi connectivity index (χ0v) is 17.5. The Balaban J connectivity index is 1.90. The molecule has 1 atom stereocenters. The summed E-state index contributed by atoms with van der Waals surface area (Å²) >= 11 is 3.74. The number of hydrogen-bond acceptors (Lipinski definition) is 4. The lowest BCUT2D eigenvalue weighted by Crippen LogP contribution is -2.28. The Morgan fingerprint density at radius 1 is 1.33 bits per heavy atom. The molecule has 144 valence electrons. The minimum Gasteiger partial charge on any atom is -0.444 e. The van der Waals surface area contributed by atoms with Crippen LogP contribution in [0.15, 0.2) is 30.3 Å². The van der Waals surface area contributed by atoms with Gasteiger partial charge in [0.2, 0.25) is 0 Å². The standard InChI is InChI=1S/C21H25BrN2O3/c1-21(2,3)27-20(26)24-19-15(12-25)8-10-18(23-19)14-7-9-16-13(11-14)5-4-6-17(16)22/h7-11,17,25H,4-6,12H2,1-3H3,(H,23,24,26). The normalized spacial score (nSPS) is 16.6. The van der Waals surface area contributed by atoms with E-state index in [1.54, 1.807) is 26.8 Å². The maximum atomic E-state index is 12.1. The molecule has 27 heavy (non-hydrogen) atoms. The molecule has 1 aromatic heterocycles. The second kappa shape index (κ2) is 7.98. The summed E-state index contributed by atoms with van der Waals surface area (Å²) in [4.78, 5) is 17.1.